The van der Waals surface area contributed by atoms with Crippen molar-refractivity contribution in [3.05, 3.63) is 27.8 Å². The normalized spacial score (nSPS) is 11.6. The summed E-state index contributed by atoms with van der Waals surface area (Å²) in [6.45, 7) is 1.01. The third kappa shape index (κ3) is 4.06. The molecule has 4 nitrogen and oxygen atoms in total. The lowest BCUT2D eigenvalue weighted by Gasteiger charge is -2.06. The molecule has 0 amide bonds. The quantitative estimate of drug-likeness (QED) is 0.616. The van der Waals surface area contributed by atoms with E-state index in [4.69, 9.17) is 0 Å². The molecule has 15 heavy (non-hydrogen) atoms. The highest BCUT2D eigenvalue weighted by Crippen LogP contribution is 2.11. The van der Waals surface area contributed by atoms with E-state index in [1.807, 2.05) is 0 Å². The zero-order chi connectivity index (χ0) is 11.3. The maximum atomic E-state index is 11.7. The molecule has 0 aliphatic carbocycles. The van der Waals surface area contributed by atoms with Crippen LogP contribution in [-0.2, 0) is 10.0 Å². The van der Waals surface area contributed by atoms with Crippen molar-refractivity contribution in [3.8, 4) is 0 Å². The van der Waals surface area contributed by atoms with Gasteiger partial charge in [-0.3, -0.25) is 0 Å². The predicted octanol–water partition coefficient (Wildman–Crippen LogP) is 0.789. The zero-order valence-corrected chi connectivity index (χ0v) is 11.3. The van der Waals surface area contributed by atoms with Crippen molar-refractivity contribution in [3.63, 3.8) is 0 Å². The predicted molar refractivity (Wildman–Crippen MR) is 68.3 cm³/mol. The van der Waals surface area contributed by atoms with Crippen molar-refractivity contribution in [2.45, 2.75) is 4.90 Å². The monoisotopic (exact) mass is 340 g/mol. The highest BCUT2D eigenvalue weighted by molar-refractivity contribution is 14.1. The van der Waals surface area contributed by atoms with E-state index in [2.05, 4.69) is 32.6 Å². The van der Waals surface area contributed by atoms with Gasteiger partial charge in [-0.05, 0) is 53.9 Å². The summed E-state index contributed by atoms with van der Waals surface area (Å²) in [5, 5.41) is 2.87. The average molecular weight is 340 g/mol. The first kappa shape index (κ1) is 12.9. The van der Waals surface area contributed by atoms with Crippen molar-refractivity contribution in [2.75, 3.05) is 20.1 Å². The lowest BCUT2D eigenvalue weighted by Crippen LogP contribution is -2.30. The Kier molecular flexibility index (Phi) is 4.97. The van der Waals surface area contributed by atoms with Gasteiger partial charge in [0.05, 0.1) is 4.90 Å². The smallest absolute Gasteiger partial charge is 0.240 e. The second-order valence-corrected chi connectivity index (χ2v) is 5.97. The lowest BCUT2D eigenvalue weighted by atomic mass is 10.4. The first-order valence-electron chi connectivity index (χ1n) is 4.46. The molecule has 1 rings (SSSR count). The summed E-state index contributed by atoms with van der Waals surface area (Å²) >= 11 is 2.13. The van der Waals surface area contributed by atoms with Crippen LogP contribution in [0.2, 0.25) is 0 Å². The molecule has 0 saturated heterocycles. The molecule has 6 heteroatoms. The number of nitrogens with one attached hydrogen (secondary N) is 2. The topological polar surface area (TPSA) is 58.2 Å². The first-order valence-corrected chi connectivity index (χ1v) is 7.02. The summed E-state index contributed by atoms with van der Waals surface area (Å²) in [6, 6.07) is 6.74. The van der Waals surface area contributed by atoms with Gasteiger partial charge in [-0.15, -0.1) is 0 Å². The Morgan fingerprint density at radius 3 is 2.33 bits per heavy atom. The van der Waals surface area contributed by atoms with Crippen LogP contribution in [0.4, 0.5) is 0 Å². The zero-order valence-electron chi connectivity index (χ0n) is 8.33. The number of rotatable bonds is 5. The molecule has 0 aromatic heterocycles. The molecule has 0 atom stereocenters. The minimum absolute atomic E-state index is 0.305. The summed E-state index contributed by atoms with van der Waals surface area (Å²) in [6.07, 6.45) is 0. The van der Waals surface area contributed by atoms with Crippen LogP contribution >= 0.6 is 22.6 Å². The molecular formula is C9H13IN2O2S. The van der Waals surface area contributed by atoms with Gasteiger partial charge >= 0.3 is 0 Å². The number of sulfonamides is 1. The molecule has 0 fully saturated rings. The van der Waals surface area contributed by atoms with E-state index in [1.165, 1.54) is 0 Å². The highest BCUT2D eigenvalue weighted by atomic mass is 127. The van der Waals surface area contributed by atoms with Gasteiger partial charge in [-0.1, -0.05) is 0 Å². The molecule has 0 radical (unpaired) electrons. The van der Waals surface area contributed by atoms with Crippen LogP contribution in [0.15, 0.2) is 29.2 Å². The molecule has 0 bridgehead atoms. The van der Waals surface area contributed by atoms with E-state index in [0.29, 0.717) is 18.0 Å². The number of likely N-dealkylation sites (N-methyl/N-ethyl adjacent to an activating group) is 1. The van der Waals surface area contributed by atoms with E-state index in [0.717, 1.165) is 3.57 Å². The third-order valence-electron chi connectivity index (χ3n) is 1.79. The van der Waals surface area contributed by atoms with Crippen molar-refractivity contribution >= 4 is 32.6 Å². The van der Waals surface area contributed by atoms with Crippen molar-refractivity contribution < 1.29 is 8.42 Å². The molecule has 84 valence electrons. The molecule has 1 aromatic rings. The fourth-order valence-corrected chi connectivity index (χ4v) is 2.40. The second-order valence-electron chi connectivity index (χ2n) is 2.96. The van der Waals surface area contributed by atoms with Crippen LogP contribution in [0.5, 0.6) is 0 Å². The summed E-state index contributed by atoms with van der Waals surface area (Å²) in [7, 11) is -1.57. The van der Waals surface area contributed by atoms with Gasteiger partial charge in [-0.2, -0.15) is 0 Å². The Bertz CT molecular complexity index is 403. The largest absolute Gasteiger partial charge is 0.318 e. The Hall–Kier alpha value is -0.180. The SMILES string of the molecule is CNCCNS(=O)(=O)c1ccc(I)cc1. The molecule has 0 aliphatic heterocycles. The minimum Gasteiger partial charge on any atom is -0.318 e. The van der Waals surface area contributed by atoms with E-state index < -0.39 is 10.0 Å². The van der Waals surface area contributed by atoms with Gasteiger partial charge in [0.15, 0.2) is 0 Å². The van der Waals surface area contributed by atoms with Crippen LogP contribution < -0.4 is 10.0 Å². The van der Waals surface area contributed by atoms with Crippen LogP contribution in [0, 0.1) is 3.57 Å². The Balaban J connectivity index is 2.73. The van der Waals surface area contributed by atoms with Gasteiger partial charge in [0, 0.05) is 16.7 Å². The standard InChI is InChI=1S/C9H13IN2O2S/c1-11-6-7-12-15(13,14)9-4-2-8(10)3-5-9/h2-5,11-12H,6-7H2,1H3. The molecule has 0 spiro atoms. The van der Waals surface area contributed by atoms with Gasteiger partial charge in [-0.25, -0.2) is 13.1 Å². The van der Waals surface area contributed by atoms with Crippen LogP contribution in [-0.4, -0.2) is 28.6 Å². The van der Waals surface area contributed by atoms with Gasteiger partial charge < -0.3 is 5.32 Å². The average Bonchev–Trinajstić information content (AvgIpc) is 2.18. The van der Waals surface area contributed by atoms with E-state index in [9.17, 15) is 8.42 Å². The summed E-state index contributed by atoms with van der Waals surface area (Å²) in [5.41, 5.74) is 0. The lowest BCUT2D eigenvalue weighted by molar-refractivity contribution is 0.579. The van der Waals surface area contributed by atoms with Gasteiger partial charge in [0.2, 0.25) is 10.0 Å². The molecule has 0 aliphatic rings. The van der Waals surface area contributed by atoms with Gasteiger partial charge in [0.1, 0.15) is 0 Å². The molecule has 0 unspecified atom stereocenters. The maximum Gasteiger partial charge on any atom is 0.240 e. The number of benzene rings is 1. The number of halogens is 1. The highest BCUT2D eigenvalue weighted by Gasteiger charge is 2.11. The number of hydrogen-bond donors (Lipinski definition) is 2. The Morgan fingerprint density at radius 1 is 1.20 bits per heavy atom. The van der Waals surface area contributed by atoms with Crippen molar-refractivity contribution in [2.24, 2.45) is 0 Å². The fraction of sp³-hybridized carbons (Fsp3) is 0.333. The number of hydrogen-bond acceptors (Lipinski definition) is 3. The van der Waals surface area contributed by atoms with E-state index in [-0.39, 0.29) is 0 Å². The summed E-state index contributed by atoms with van der Waals surface area (Å²) < 4.78 is 26.9. The molecular weight excluding hydrogens is 327 g/mol. The van der Waals surface area contributed by atoms with Crippen LogP contribution in [0.1, 0.15) is 0 Å². The second kappa shape index (κ2) is 5.78. The maximum absolute atomic E-state index is 11.7. The third-order valence-corrected chi connectivity index (χ3v) is 3.99. The van der Waals surface area contributed by atoms with Crippen molar-refractivity contribution in [1.82, 2.24) is 10.0 Å². The van der Waals surface area contributed by atoms with E-state index >= 15 is 0 Å². The van der Waals surface area contributed by atoms with Gasteiger partial charge in [0.25, 0.3) is 0 Å². The first-order chi connectivity index (χ1) is 7.06. The molecule has 0 saturated carbocycles. The Morgan fingerprint density at radius 2 is 1.80 bits per heavy atom. The summed E-state index contributed by atoms with van der Waals surface area (Å²) in [4.78, 5) is 0.305. The van der Waals surface area contributed by atoms with E-state index in [1.54, 1.807) is 31.3 Å². The van der Waals surface area contributed by atoms with Crippen LogP contribution in [0.3, 0.4) is 0 Å². The molecule has 2 N–H and O–H groups in total. The molecule has 1 aromatic carbocycles. The van der Waals surface area contributed by atoms with Crippen LogP contribution in [0.25, 0.3) is 0 Å². The van der Waals surface area contributed by atoms with Crippen molar-refractivity contribution in [1.29, 1.82) is 0 Å². The fourth-order valence-electron chi connectivity index (χ4n) is 1.01. The molecule has 0 heterocycles. The summed E-state index contributed by atoms with van der Waals surface area (Å²) in [5.74, 6) is 0. The Labute approximate surface area is 104 Å². The minimum atomic E-state index is -3.34.